The minimum absolute atomic E-state index is 0.123. The summed E-state index contributed by atoms with van der Waals surface area (Å²) < 4.78 is 5.63. The largest absolute Gasteiger partial charge is 0.463 e. The molecular formula is C50H93N3O2. The number of esters is 1. The van der Waals surface area contributed by atoms with Gasteiger partial charge >= 0.3 is 5.97 Å². The lowest BCUT2D eigenvalue weighted by atomic mass is 9.85. The lowest BCUT2D eigenvalue weighted by Gasteiger charge is -2.40. The van der Waals surface area contributed by atoms with Crippen molar-refractivity contribution >= 4 is 12.2 Å². The maximum Gasteiger partial charge on any atom is 0.346 e. The monoisotopic (exact) mass is 768 g/mol. The Kier molecular flexibility index (Phi) is 31.2. The highest BCUT2D eigenvalue weighted by Crippen LogP contribution is 2.35. The van der Waals surface area contributed by atoms with E-state index >= 15 is 0 Å². The SMILES string of the molecule is CCCCCCCC/C=C/CCCCCCCC1(CCCCCCC/C=C/CCCCCCCC)C=NC(C(=O)OCC)N1CCCN1CCCCC1CC. The zero-order valence-corrected chi connectivity index (χ0v) is 37.4. The van der Waals surface area contributed by atoms with E-state index in [1.807, 2.05) is 6.92 Å². The molecule has 55 heavy (non-hydrogen) atoms. The number of piperidine rings is 1. The summed E-state index contributed by atoms with van der Waals surface area (Å²) in [5, 5.41) is 0. The van der Waals surface area contributed by atoms with E-state index in [1.54, 1.807) is 0 Å². The van der Waals surface area contributed by atoms with E-state index in [0.29, 0.717) is 6.61 Å². The van der Waals surface area contributed by atoms with Crippen molar-refractivity contribution in [2.24, 2.45) is 4.99 Å². The Morgan fingerprint density at radius 2 is 1.09 bits per heavy atom. The summed E-state index contributed by atoms with van der Waals surface area (Å²) in [6, 6.07) is 0.723. The van der Waals surface area contributed by atoms with E-state index in [2.05, 4.69) is 61.1 Å². The van der Waals surface area contributed by atoms with Crippen molar-refractivity contribution in [1.29, 1.82) is 0 Å². The summed E-state index contributed by atoms with van der Waals surface area (Å²) in [6.07, 6.45) is 54.4. The van der Waals surface area contributed by atoms with Crippen LogP contribution in [0.2, 0.25) is 0 Å². The highest BCUT2D eigenvalue weighted by molar-refractivity contribution is 5.84. The number of hydrogen-bond donors (Lipinski definition) is 0. The third-order valence-electron chi connectivity index (χ3n) is 12.6. The second kappa shape index (κ2) is 34.6. The Morgan fingerprint density at radius 1 is 0.618 bits per heavy atom. The average molecular weight is 768 g/mol. The zero-order valence-electron chi connectivity index (χ0n) is 37.4. The first-order chi connectivity index (χ1) is 27.1. The van der Waals surface area contributed by atoms with E-state index in [9.17, 15) is 4.79 Å². The predicted molar refractivity (Wildman–Crippen MR) is 241 cm³/mol. The van der Waals surface area contributed by atoms with Gasteiger partial charge in [-0.25, -0.2) is 4.79 Å². The van der Waals surface area contributed by atoms with Gasteiger partial charge in [-0.05, 0) is 110 Å². The summed E-state index contributed by atoms with van der Waals surface area (Å²) in [5.41, 5.74) is -0.123. The van der Waals surface area contributed by atoms with Crippen molar-refractivity contribution in [2.75, 3.05) is 26.2 Å². The number of unbranched alkanes of at least 4 members (excludes halogenated alkanes) is 22. The van der Waals surface area contributed by atoms with Gasteiger partial charge in [0.2, 0.25) is 6.17 Å². The predicted octanol–water partition coefficient (Wildman–Crippen LogP) is 14.7. The third-order valence-corrected chi connectivity index (χ3v) is 12.6. The first kappa shape index (κ1) is 49.7. The van der Waals surface area contributed by atoms with Gasteiger partial charge in [0.05, 0.1) is 12.1 Å². The molecule has 0 saturated carbocycles. The molecule has 0 aromatic carbocycles. The molecule has 0 spiro atoms. The molecular weight excluding hydrogens is 675 g/mol. The Morgan fingerprint density at radius 3 is 1.56 bits per heavy atom. The molecule has 0 aliphatic carbocycles. The van der Waals surface area contributed by atoms with Crippen molar-refractivity contribution in [3.8, 4) is 0 Å². The maximum absolute atomic E-state index is 13.3. The van der Waals surface area contributed by atoms with Gasteiger partial charge in [0.25, 0.3) is 0 Å². The molecule has 0 radical (unpaired) electrons. The second-order valence-corrected chi connectivity index (χ2v) is 17.3. The smallest absolute Gasteiger partial charge is 0.346 e. The van der Waals surface area contributed by atoms with E-state index in [0.717, 1.165) is 38.4 Å². The van der Waals surface area contributed by atoms with Crippen LogP contribution >= 0.6 is 0 Å². The normalized spacial score (nSPS) is 19.1. The summed E-state index contributed by atoms with van der Waals surface area (Å²) in [6.45, 7) is 12.5. The molecule has 0 amide bonds. The Labute approximate surface area is 343 Å². The van der Waals surface area contributed by atoms with Gasteiger partial charge in [0.15, 0.2) is 0 Å². The molecule has 320 valence electrons. The maximum atomic E-state index is 13.3. The molecule has 2 rings (SSSR count). The minimum atomic E-state index is -0.477. The third kappa shape index (κ3) is 22.9. The quantitative estimate of drug-likeness (QED) is 0.0359. The van der Waals surface area contributed by atoms with Crippen LogP contribution in [0.3, 0.4) is 0 Å². The van der Waals surface area contributed by atoms with E-state index in [-0.39, 0.29) is 11.5 Å². The summed E-state index contributed by atoms with van der Waals surface area (Å²) >= 11 is 0. The fraction of sp³-hybridized carbons (Fsp3) is 0.880. The summed E-state index contributed by atoms with van der Waals surface area (Å²) in [4.78, 5) is 23.5. The Hall–Kier alpha value is -1.46. The van der Waals surface area contributed by atoms with Gasteiger partial charge in [-0.3, -0.25) is 9.89 Å². The molecule has 2 aliphatic rings. The highest BCUT2D eigenvalue weighted by atomic mass is 16.5. The molecule has 2 heterocycles. The van der Waals surface area contributed by atoms with Crippen molar-refractivity contribution in [1.82, 2.24) is 9.80 Å². The van der Waals surface area contributed by atoms with Gasteiger partial charge in [0.1, 0.15) is 0 Å². The molecule has 2 atom stereocenters. The average Bonchev–Trinajstić information content (AvgIpc) is 3.55. The van der Waals surface area contributed by atoms with Gasteiger partial charge in [-0.15, -0.1) is 0 Å². The molecule has 0 bridgehead atoms. The molecule has 1 fully saturated rings. The number of nitrogens with zero attached hydrogens (tertiary/aromatic N) is 3. The van der Waals surface area contributed by atoms with Crippen LogP contribution in [0, 0.1) is 0 Å². The highest BCUT2D eigenvalue weighted by Gasteiger charge is 2.46. The van der Waals surface area contributed by atoms with Crippen LogP contribution in [0.1, 0.15) is 240 Å². The Bertz CT molecular complexity index is 936. The first-order valence-electron chi connectivity index (χ1n) is 24.6. The van der Waals surface area contributed by atoms with Crippen molar-refractivity contribution in [3.05, 3.63) is 24.3 Å². The van der Waals surface area contributed by atoms with Crippen LogP contribution in [0.15, 0.2) is 29.3 Å². The molecule has 2 unspecified atom stereocenters. The van der Waals surface area contributed by atoms with Gasteiger partial charge < -0.3 is 9.64 Å². The van der Waals surface area contributed by atoms with Crippen LogP contribution in [-0.4, -0.2) is 66.0 Å². The van der Waals surface area contributed by atoms with Crippen LogP contribution in [0.4, 0.5) is 0 Å². The second-order valence-electron chi connectivity index (χ2n) is 17.3. The summed E-state index contributed by atoms with van der Waals surface area (Å²) in [5.74, 6) is -0.154. The molecule has 0 N–H and O–H groups in total. The lowest BCUT2D eigenvalue weighted by Crippen LogP contribution is -2.53. The van der Waals surface area contributed by atoms with Gasteiger partial charge in [-0.2, -0.15) is 0 Å². The molecule has 0 aromatic heterocycles. The zero-order chi connectivity index (χ0) is 39.5. The van der Waals surface area contributed by atoms with Crippen molar-refractivity contribution < 1.29 is 9.53 Å². The first-order valence-corrected chi connectivity index (χ1v) is 24.6. The Balaban J connectivity index is 1.86. The van der Waals surface area contributed by atoms with E-state index < -0.39 is 6.17 Å². The topological polar surface area (TPSA) is 45.1 Å². The number of carbonyl (C=O) groups is 1. The minimum Gasteiger partial charge on any atom is -0.463 e. The number of allylic oxidation sites excluding steroid dienone is 4. The van der Waals surface area contributed by atoms with E-state index in [1.165, 1.54) is 199 Å². The molecule has 1 saturated heterocycles. The molecule has 0 aromatic rings. The number of carbonyl (C=O) groups excluding carboxylic acids is 1. The van der Waals surface area contributed by atoms with Crippen molar-refractivity contribution in [3.63, 3.8) is 0 Å². The van der Waals surface area contributed by atoms with Gasteiger partial charge in [0, 0.05) is 18.8 Å². The number of rotatable bonds is 37. The van der Waals surface area contributed by atoms with E-state index in [4.69, 9.17) is 9.73 Å². The standard InChI is InChI=1S/C50H93N3O2/c1-5-9-11-13-15-17-19-21-23-25-27-29-31-33-36-41-50(42-37-34-32-30-28-26-24-22-20-18-16-14-12-10-6-2)46-51-48(49(54)55-8-4)53(50)45-39-44-52-43-38-35-40-47(52)7-3/h21-24,46-48H,5-20,25-45H2,1-4H3/b23-21+,24-22+. The fourth-order valence-corrected chi connectivity index (χ4v) is 9.16. The number of likely N-dealkylation sites (tertiary alicyclic amines) is 1. The molecule has 5 heteroatoms. The van der Waals surface area contributed by atoms with Crippen molar-refractivity contribution in [2.45, 2.75) is 257 Å². The van der Waals surface area contributed by atoms with Crippen LogP contribution in [0.5, 0.6) is 0 Å². The van der Waals surface area contributed by atoms with Crippen LogP contribution in [0.25, 0.3) is 0 Å². The van der Waals surface area contributed by atoms with Crippen LogP contribution < -0.4 is 0 Å². The lowest BCUT2D eigenvalue weighted by molar-refractivity contribution is -0.150. The fourth-order valence-electron chi connectivity index (χ4n) is 9.16. The number of hydrogen-bond acceptors (Lipinski definition) is 5. The molecule has 5 nitrogen and oxygen atoms in total. The number of ether oxygens (including phenoxy) is 1. The summed E-state index contributed by atoms with van der Waals surface area (Å²) in [7, 11) is 0. The van der Waals surface area contributed by atoms with Gasteiger partial charge in [-0.1, -0.05) is 167 Å². The number of aliphatic imine (C=N–C) groups is 1. The molecule has 2 aliphatic heterocycles. The van der Waals surface area contributed by atoms with Crippen LogP contribution in [-0.2, 0) is 9.53 Å².